The number of rotatable bonds is 8. The van der Waals surface area contributed by atoms with Crippen LogP contribution < -0.4 is 5.32 Å². The quantitative estimate of drug-likeness (QED) is 0.811. The third-order valence-electron chi connectivity index (χ3n) is 3.63. The summed E-state index contributed by atoms with van der Waals surface area (Å²) in [6.07, 6.45) is 4.71. The molecular weight excluding hydrogens is 262 g/mol. The average Bonchev–Trinajstić information content (AvgIpc) is 2.91. The number of likely N-dealkylation sites (N-methyl/N-ethyl adjacent to an activating group) is 1. The Hall–Kier alpha value is -1.65. The highest BCUT2D eigenvalue weighted by molar-refractivity contribution is 5.20. The van der Waals surface area contributed by atoms with Crippen molar-refractivity contribution < 1.29 is 4.74 Å². The van der Waals surface area contributed by atoms with Crippen molar-refractivity contribution in [1.82, 2.24) is 14.9 Å². The first-order chi connectivity index (χ1) is 10.3. The zero-order valence-corrected chi connectivity index (χ0v) is 13.1. The summed E-state index contributed by atoms with van der Waals surface area (Å²) in [5.74, 6) is 1.07. The molecule has 1 aromatic carbocycles. The van der Waals surface area contributed by atoms with Gasteiger partial charge in [-0.1, -0.05) is 37.3 Å². The molecule has 0 amide bonds. The van der Waals surface area contributed by atoms with Crippen LogP contribution in [0.2, 0.25) is 0 Å². The maximum atomic E-state index is 6.03. The van der Waals surface area contributed by atoms with Crippen LogP contribution in [0.1, 0.15) is 31.3 Å². The first-order valence-electron chi connectivity index (χ1n) is 7.62. The van der Waals surface area contributed by atoms with E-state index in [4.69, 9.17) is 4.74 Å². The molecule has 1 heterocycles. The number of imidazole rings is 1. The minimum Gasteiger partial charge on any atom is -0.372 e. The number of ether oxygens (including phenoxy) is 1. The van der Waals surface area contributed by atoms with Crippen molar-refractivity contribution in [3.05, 3.63) is 54.1 Å². The van der Waals surface area contributed by atoms with Gasteiger partial charge in [0.2, 0.25) is 0 Å². The summed E-state index contributed by atoms with van der Waals surface area (Å²) < 4.78 is 8.10. The maximum absolute atomic E-state index is 6.03. The van der Waals surface area contributed by atoms with Gasteiger partial charge in [0, 0.05) is 38.5 Å². The van der Waals surface area contributed by atoms with Gasteiger partial charge in [-0.15, -0.1) is 0 Å². The Morgan fingerprint density at radius 3 is 2.57 bits per heavy atom. The highest BCUT2D eigenvalue weighted by Gasteiger charge is 2.24. The molecule has 1 N–H and O–H groups in total. The van der Waals surface area contributed by atoms with E-state index in [1.165, 1.54) is 5.56 Å². The second-order valence-corrected chi connectivity index (χ2v) is 5.11. The van der Waals surface area contributed by atoms with Crippen molar-refractivity contribution in [3.8, 4) is 0 Å². The molecule has 2 atom stereocenters. The van der Waals surface area contributed by atoms with E-state index in [9.17, 15) is 0 Å². The van der Waals surface area contributed by atoms with Gasteiger partial charge in [0.1, 0.15) is 5.82 Å². The largest absolute Gasteiger partial charge is 0.372 e. The van der Waals surface area contributed by atoms with Gasteiger partial charge in [-0.3, -0.25) is 0 Å². The minimum atomic E-state index is 0.0350. The molecule has 0 saturated heterocycles. The predicted molar refractivity (Wildman–Crippen MR) is 85.2 cm³/mol. The second kappa shape index (κ2) is 7.96. The van der Waals surface area contributed by atoms with E-state index in [2.05, 4.69) is 46.1 Å². The van der Waals surface area contributed by atoms with Crippen molar-refractivity contribution >= 4 is 0 Å². The Kier molecular flexibility index (Phi) is 5.96. The molecule has 0 fully saturated rings. The molecule has 0 spiro atoms. The van der Waals surface area contributed by atoms with E-state index in [0.29, 0.717) is 6.61 Å². The summed E-state index contributed by atoms with van der Waals surface area (Å²) in [4.78, 5) is 4.44. The van der Waals surface area contributed by atoms with E-state index >= 15 is 0 Å². The van der Waals surface area contributed by atoms with Crippen molar-refractivity contribution in [3.63, 3.8) is 0 Å². The summed E-state index contributed by atoms with van der Waals surface area (Å²) in [7, 11) is 2.03. The van der Waals surface area contributed by atoms with E-state index in [0.717, 1.165) is 18.8 Å². The number of benzene rings is 1. The monoisotopic (exact) mass is 287 g/mol. The Bertz CT molecular complexity index is 524. The fourth-order valence-corrected chi connectivity index (χ4v) is 2.61. The van der Waals surface area contributed by atoms with Gasteiger partial charge in [0.15, 0.2) is 0 Å². The lowest BCUT2D eigenvalue weighted by Crippen LogP contribution is -2.38. The summed E-state index contributed by atoms with van der Waals surface area (Å²) in [5, 5.41) is 3.55. The fraction of sp³-hybridized carbons (Fsp3) is 0.471. The van der Waals surface area contributed by atoms with Gasteiger partial charge in [0.05, 0.1) is 6.10 Å². The summed E-state index contributed by atoms with van der Waals surface area (Å²) >= 11 is 0. The Labute approximate surface area is 127 Å². The number of nitrogens with one attached hydrogen (secondary N) is 1. The van der Waals surface area contributed by atoms with Crippen molar-refractivity contribution in [2.75, 3.05) is 13.2 Å². The van der Waals surface area contributed by atoms with Crippen LogP contribution in [0.4, 0.5) is 0 Å². The van der Waals surface area contributed by atoms with E-state index in [1.807, 2.05) is 32.4 Å². The standard InChI is InChI=1S/C17H25N3O/c1-4-18-15(13-16-19-11-12-20(16)3)17(21-5-2)14-9-7-6-8-10-14/h6-12,15,17-18H,4-5,13H2,1-3H3. The SMILES string of the molecule is CCNC(Cc1nccn1C)C(OCC)c1ccccc1. The predicted octanol–water partition coefficient (Wildman–Crippen LogP) is 2.72. The lowest BCUT2D eigenvalue weighted by atomic mass is 9.99. The molecule has 0 saturated carbocycles. The highest BCUT2D eigenvalue weighted by Crippen LogP contribution is 2.23. The van der Waals surface area contributed by atoms with Crippen LogP contribution in [0.25, 0.3) is 0 Å². The molecule has 4 heteroatoms. The fourth-order valence-electron chi connectivity index (χ4n) is 2.61. The number of aromatic nitrogens is 2. The van der Waals surface area contributed by atoms with Gasteiger partial charge in [-0.25, -0.2) is 4.98 Å². The molecule has 0 aliphatic carbocycles. The van der Waals surface area contributed by atoms with Crippen LogP contribution in [0, 0.1) is 0 Å². The maximum Gasteiger partial charge on any atom is 0.110 e. The number of hydrogen-bond acceptors (Lipinski definition) is 3. The van der Waals surface area contributed by atoms with Crippen LogP contribution in [-0.2, 0) is 18.2 Å². The molecule has 2 aromatic rings. The third kappa shape index (κ3) is 4.16. The number of hydrogen-bond donors (Lipinski definition) is 1. The van der Waals surface area contributed by atoms with Crippen LogP contribution in [0.15, 0.2) is 42.7 Å². The van der Waals surface area contributed by atoms with Gasteiger partial charge in [-0.05, 0) is 19.0 Å². The smallest absolute Gasteiger partial charge is 0.110 e. The highest BCUT2D eigenvalue weighted by atomic mass is 16.5. The second-order valence-electron chi connectivity index (χ2n) is 5.11. The van der Waals surface area contributed by atoms with E-state index < -0.39 is 0 Å². The summed E-state index contributed by atoms with van der Waals surface area (Å²) in [6, 6.07) is 10.6. The zero-order chi connectivity index (χ0) is 15.1. The summed E-state index contributed by atoms with van der Waals surface area (Å²) in [6.45, 7) is 5.77. The van der Waals surface area contributed by atoms with E-state index in [-0.39, 0.29) is 12.1 Å². The molecule has 4 nitrogen and oxygen atoms in total. The molecule has 0 radical (unpaired) electrons. The third-order valence-corrected chi connectivity index (χ3v) is 3.63. The molecular formula is C17H25N3O. The molecule has 114 valence electrons. The molecule has 1 aromatic heterocycles. The molecule has 0 bridgehead atoms. The lowest BCUT2D eigenvalue weighted by molar-refractivity contribution is 0.0330. The molecule has 21 heavy (non-hydrogen) atoms. The minimum absolute atomic E-state index is 0.0350. The van der Waals surface area contributed by atoms with Gasteiger partial charge >= 0.3 is 0 Å². The van der Waals surface area contributed by atoms with Crippen LogP contribution in [0.3, 0.4) is 0 Å². The lowest BCUT2D eigenvalue weighted by Gasteiger charge is -2.28. The molecule has 2 rings (SSSR count). The zero-order valence-electron chi connectivity index (χ0n) is 13.1. The number of nitrogens with zero attached hydrogens (tertiary/aromatic N) is 2. The topological polar surface area (TPSA) is 39.1 Å². The van der Waals surface area contributed by atoms with E-state index in [1.54, 1.807) is 0 Å². The molecule has 2 unspecified atom stereocenters. The van der Waals surface area contributed by atoms with Crippen LogP contribution >= 0.6 is 0 Å². The Morgan fingerprint density at radius 1 is 1.24 bits per heavy atom. The van der Waals surface area contributed by atoms with Crippen molar-refractivity contribution in [2.45, 2.75) is 32.4 Å². The van der Waals surface area contributed by atoms with Gasteiger partial charge in [-0.2, -0.15) is 0 Å². The Balaban J connectivity index is 2.22. The van der Waals surface area contributed by atoms with Crippen molar-refractivity contribution in [2.24, 2.45) is 7.05 Å². The van der Waals surface area contributed by atoms with Crippen LogP contribution in [0.5, 0.6) is 0 Å². The summed E-state index contributed by atoms with van der Waals surface area (Å²) in [5.41, 5.74) is 1.21. The number of aryl methyl sites for hydroxylation is 1. The Morgan fingerprint density at radius 2 is 2.00 bits per heavy atom. The first kappa shape index (κ1) is 15.7. The molecule has 0 aliphatic heterocycles. The van der Waals surface area contributed by atoms with Gasteiger partial charge < -0.3 is 14.6 Å². The van der Waals surface area contributed by atoms with Gasteiger partial charge in [0.25, 0.3) is 0 Å². The average molecular weight is 287 g/mol. The van der Waals surface area contributed by atoms with Crippen molar-refractivity contribution in [1.29, 1.82) is 0 Å². The first-order valence-corrected chi connectivity index (χ1v) is 7.62. The normalized spacial score (nSPS) is 14.0. The van der Waals surface area contributed by atoms with Crippen LogP contribution in [-0.4, -0.2) is 28.7 Å². The molecule has 0 aliphatic rings.